The highest BCUT2D eigenvalue weighted by Crippen LogP contribution is 2.29. The molecule has 1 aromatic carbocycles. The van der Waals surface area contributed by atoms with E-state index in [9.17, 15) is 9.59 Å². The van der Waals surface area contributed by atoms with Crippen LogP contribution in [0.4, 0.5) is 0 Å². The number of imide groups is 1. The van der Waals surface area contributed by atoms with Gasteiger partial charge in [-0.15, -0.1) is 0 Å². The Morgan fingerprint density at radius 1 is 1.28 bits per heavy atom. The summed E-state index contributed by atoms with van der Waals surface area (Å²) < 4.78 is 2.83. The number of nitriles is 1. The van der Waals surface area contributed by atoms with Crippen LogP contribution in [0.15, 0.2) is 24.3 Å². The van der Waals surface area contributed by atoms with Gasteiger partial charge in [0.15, 0.2) is 0 Å². The Morgan fingerprint density at radius 3 is 2.33 bits per heavy atom. The molecule has 0 unspecified atom stereocenters. The van der Waals surface area contributed by atoms with Crippen LogP contribution in [0.25, 0.3) is 0 Å². The molecule has 0 N–H and O–H groups in total. The van der Waals surface area contributed by atoms with E-state index in [0.717, 1.165) is 16.4 Å². The maximum atomic E-state index is 12.0. The van der Waals surface area contributed by atoms with Crippen molar-refractivity contribution >= 4 is 23.9 Å². The van der Waals surface area contributed by atoms with E-state index < -0.39 is 0 Å². The molecule has 2 rings (SSSR count). The number of hydrogen-bond acceptors (Lipinski definition) is 5. The molecule has 0 aromatic heterocycles. The topological polar surface area (TPSA) is 64.4 Å². The fourth-order valence-electron chi connectivity index (χ4n) is 1.63. The average molecular weight is 261 g/mol. The van der Waals surface area contributed by atoms with Crippen LogP contribution in [0, 0.1) is 11.3 Å². The van der Waals surface area contributed by atoms with Crippen molar-refractivity contribution in [2.45, 2.75) is 6.42 Å². The second-order valence-electron chi connectivity index (χ2n) is 3.79. The molecule has 0 bridgehead atoms. The largest absolute Gasteiger partial charge is 0.272 e. The number of benzene rings is 1. The van der Waals surface area contributed by atoms with Gasteiger partial charge in [0.05, 0.1) is 29.3 Å². The zero-order valence-corrected chi connectivity index (χ0v) is 10.6. The van der Waals surface area contributed by atoms with Gasteiger partial charge >= 0.3 is 0 Å². The van der Waals surface area contributed by atoms with Crippen molar-refractivity contribution in [1.29, 1.82) is 5.26 Å². The van der Waals surface area contributed by atoms with Gasteiger partial charge in [-0.25, -0.2) is 8.61 Å². The van der Waals surface area contributed by atoms with Crippen LogP contribution < -0.4 is 0 Å². The molecule has 1 aromatic rings. The monoisotopic (exact) mass is 261 g/mol. The molecule has 1 aliphatic heterocycles. The lowest BCUT2D eigenvalue weighted by Crippen LogP contribution is -2.28. The first kappa shape index (κ1) is 12.6. The molecule has 5 nitrogen and oxygen atoms in total. The Hall–Kier alpha value is -1.84. The maximum absolute atomic E-state index is 12.0. The molecule has 92 valence electrons. The van der Waals surface area contributed by atoms with Crippen LogP contribution in [0.2, 0.25) is 0 Å². The van der Waals surface area contributed by atoms with E-state index in [0.29, 0.717) is 24.1 Å². The van der Waals surface area contributed by atoms with E-state index in [1.165, 1.54) is 0 Å². The highest BCUT2D eigenvalue weighted by molar-refractivity contribution is 7.95. The summed E-state index contributed by atoms with van der Waals surface area (Å²) in [5.41, 5.74) is 0.868. The Balaban J connectivity index is 2.12. The fourth-order valence-corrected chi connectivity index (χ4v) is 2.43. The standard InChI is InChI=1S/C12H11N3O2S/c1-14(8-4-7-13)18-15-11(16)9-5-2-3-6-10(9)12(15)17/h2-3,5-6H,4,8H2,1H3. The zero-order valence-electron chi connectivity index (χ0n) is 9.79. The van der Waals surface area contributed by atoms with E-state index in [2.05, 4.69) is 0 Å². The summed E-state index contributed by atoms with van der Waals surface area (Å²) in [5, 5.41) is 8.49. The molecule has 0 saturated heterocycles. The smallest absolute Gasteiger partial charge is 0.268 e. The van der Waals surface area contributed by atoms with E-state index in [1.54, 1.807) is 35.6 Å². The molecule has 0 saturated carbocycles. The van der Waals surface area contributed by atoms with Gasteiger partial charge in [0.1, 0.15) is 0 Å². The summed E-state index contributed by atoms with van der Waals surface area (Å²) in [5.74, 6) is -0.603. The average Bonchev–Trinajstić information content (AvgIpc) is 2.62. The summed E-state index contributed by atoms with van der Waals surface area (Å²) >= 11 is 1.04. The molecule has 0 radical (unpaired) electrons. The van der Waals surface area contributed by atoms with Crippen LogP contribution in [0.5, 0.6) is 0 Å². The maximum Gasteiger partial charge on any atom is 0.272 e. The number of amides is 2. The Kier molecular flexibility index (Phi) is 3.65. The fraction of sp³-hybridized carbons (Fsp3) is 0.250. The third kappa shape index (κ3) is 2.23. The predicted octanol–water partition coefficient (Wildman–Crippen LogP) is 1.69. The lowest BCUT2D eigenvalue weighted by atomic mass is 10.1. The molecule has 1 aliphatic rings. The zero-order chi connectivity index (χ0) is 13.1. The van der Waals surface area contributed by atoms with Crippen LogP contribution >= 0.6 is 12.1 Å². The number of hydrogen-bond donors (Lipinski definition) is 0. The first-order chi connectivity index (χ1) is 8.65. The lowest BCUT2D eigenvalue weighted by molar-refractivity contribution is 0.0773. The Labute approximate surface area is 109 Å². The SMILES string of the molecule is CN(CCC#N)SN1C(=O)c2ccccc2C1=O. The van der Waals surface area contributed by atoms with Gasteiger partial charge in [-0.1, -0.05) is 12.1 Å². The van der Waals surface area contributed by atoms with Gasteiger partial charge in [-0.2, -0.15) is 5.26 Å². The minimum atomic E-state index is -0.301. The minimum Gasteiger partial charge on any atom is -0.268 e. The summed E-state index contributed by atoms with van der Waals surface area (Å²) in [4.78, 5) is 24.0. The molecule has 0 aliphatic carbocycles. The molecule has 18 heavy (non-hydrogen) atoms. The number of rotatable bonds is 4. The number of carbonyl (C=O) groups excluding carboxylic acids is 2. The summed E-state index contributed by atoms with van der Waals surface area (Å²) in [6, 6.07) is 8.78. The minimum absolute atomic E-state index is 0.301. The third-order valence-corrected chi connectivity index (χ3v) is 3.47. The van der Waals surface area contributed by atoms with Gasteiger partial charge in [0.25, 0.3) is 11.8 Å². The van der Waals surface area contributed by atoms with Crippen molar-refractivity contribution in [3.8, 4) is 6.07 Å². The van der Waals surface area contributed by atoms with Gasteiger partial charge in [0, 0.05) is 13.0 Å². The number of nitrogens with zero attached hydrogens (tertiary/aromatic N) is 3. The van der Waals surface area contributed by atoms with Crippen LogP contribution in [-0.4, -0.2) is 34.0 Å². The van der Waals surface area contributed by atoms with Crippen molar-refractivity contribution in [2.75, 3.05) is 13.6 Å². The molecular weight excluding hydrogens is 250 g/mol. The lowest BCUT2D eigenvalue weighted by Gasteiger charge is -2.19. The quantitative estimate of drug-likeness (QED) is 0.609. The van der Waals surface area contributed by atoms with Crippen molar-refractivity contribution in [3.05, 3.63) is 35.4 Å². The van der Waals surface area contributed by atoms with Gasteiger partial charge in [0.2, 0.25) is 0 Å². The normalized spacial score (nSPS) is 13.9. The highest BCUT2D eigenvalue weighted by Gasteiger charge is 2.36. The van der Waals surface area contributed by atoms with E-state index >= 15 is 0 Å². The van der Waals surface area contributed by atoms with Crippen molar-refractivity contribution < 1.29 is 9.59 Å². The molecule has 0 atom stereocenters. The molecule has 1 heterocycles. The highest BCUT2D eigenvalue weighted by atomic mass is 32.2. The predicted molar refractivity (Wildman–Crippen MR) is 67.4 cm³/mol. The molecule has 0 spiro atoms. The van der Waals surface area contributed by atoms with Crippen molar-refractivity contribution in [1.82, 2.24) is 8.61 Å². The van der Waals surface area contributed by atoms with Gasteiger partial charge in [-0.05, 0) is 19.2 Å². The summed E-state index contributed by atoms with van der Waals surface area (Å²) in [6.45, 7) is 0.495. The van der Waals surface area contributed by atoms with E-state index in [1.807, 2.05) is 6.07 Å². The molecule has 0 fully saturated rings. The van der Waals surface area contributed by atoms with Gasteiger partial charge < -0.3 is 0 Å². The van der Waals surface area contributed by atoms with Crippen LogP contribution in [0.3, 0.4) is 0 Å². The molecule has 6 heteroatoms. The third-order valence-electron chi connectivity index (χ3n) is 2.52. The van der Waals surface area contributed by atoms with Crippen LogP contribution in [0.1, 0.15) is 27.1 Å². The van der Waals surface area contributed by atoms with Crippen molar-refractivity contribution in [2.24, 2.45) is 0 Å². The molecular formula is C12H11N3O2S. The van der Waals surface area contributed by atoms with E-state index in [-0.39, 0.29) is 11.8 Å². The Morgan fingerprint density at radius 2 is 1.83 bits per heavy atom. The first-order valence-corrected chi connectivity index (χ1v) is 6.12. The number of carbonyl (C=O) groups is 2. The van der Waals surface area contributed by atoms with Crippen molar-refractivity contribution in [3.63, 3.8) is 0 Å². The summed E-state index contributed by atoms with van der Waals surface area (Å²) in [6.07, 6.45) is 0.354. The second-order valence-corrected chi connectivity index (χ2v) is 4.94. The first-order valence-electron chi connectivity index (χ1n) is 5.39. The van der Waals surface area contributed by atoms with Crippen LogP contribution in [-0.2, 0) is 0 Å². The molecule has 2 amide bonds. The number of fused-ring (bicyclic) bond motifs is 1. The second kappa shape index (κ2) is 5.21. The van der Waals surface area contributed by atoms with Gasteiger partial charge in [-0.3, -0.25) is 9.59 Å². The van der Waals surface area contributed by atoms with E-state index in [4.69, 9.17) is 5.26 Å². The Bertz CT molecular complexity index is 503. The summed E-state index contributed by atoms with van der Waals surface area (Å²) in [7, 11) is 1.74.